The van der Waals surface area contributed by atoms with Gasteiger partial charge in [-0.15, -0.1) is 0 Å². The summed E-state index contributed by atoms with van der Waals surface area (Å²) in [4.78, 5) is 39.0. The molecular formula is C23H26N2O4. The zero-order chi connectivity index (χ0) is 20.7. The highest BCUT2D eigenvalue weighted by Gasteiger charge is 2.36. The third-order valence-electron chi connectivity index (χ3n) is 5.85. The topological polar surface area (TPSA) is 68.6 Å². The number of carbonyl (C=O) groups is 3. The Bertz CT molecular complexity index is 970. The summed E-state index contributed by atoms with van der Waals surface area (Å²) < 4.78 is 7.50. The van der Waals surface area contributed by atoms with Gasteiger partial charge in [0.15, 0.2) is 6.61 Å². The second-order valence-corrected chi connectivity index (χ2v) is 8.16. The van der Waals surface area contributed by atoms with E-state index in [1.54, 1.807) is 4.90 Å². The molecule has 2 aliphatic rings. The van der Waals surface area contributed by atoms with E-state index in [-0.39, 0.29) is 31.3 Å². The average molecular weight is 394 g/mol. The lowest BCUT2D eigenvalue weighted by Crippen LogP contribution is -2.27. The van der Waals surface area contributed by atoms with E-state index in [0.717, 1.165) is 35.5 Å². The molecule has 152 valence electrons. The van der Waals surface area contributed by atoms with Gasteiger partial charge in [-0.05, 0) is 51.8 Å². The number of rotatable bonds is 6. The van der Waals surface area contributed by atoms with Gasteiger partial charge in [0.1, 0.15) is 0 Å². The molecule has 1 saturated carbocycles. The molecule has 2 aromatic rings. The predicted molar refractivity (Wildman–Crippen MR) is 109 cm³/mol. The molecule has 0 spiro atoms. The lowest BCUT2D eigenvalue weighted by Gasteiger charge is -2.16. The Morgan fingerprint density at radius 2 is 1.79 bits per heavy atom. The Balaban J connectivity index is 1.36. The number of benzene rings is 1. The number of hydrogen-bond donors (Lipinski definition) is 0. The third kappa shape index (κ3) is 3.84. The van der Waals surface area contributed by atoms with Crippen LogP contribution in [0.5, 0.6) is 0 Å². The summed E-state index contributed by atoms with van der Waals surface area (Å²) in [6.07, 6.45) is 2.40. The lowest BCUT2D eigenvalue weighted by molar-refractivity contribution is -0.147. The fourth-order valence-corrected chi connectivity index (χ4v) is 4.13. The summed E-state index contributed by atoms with van der Waals surface area (Å²) in [5, 5.41) is 0. The number of hydrogen-bond acceptors (Lipinski definition) is 4. The van der Waals surface area contributed by atoms with Gasteiger partial charge >= 0.3 is 5.97 Å². The van der Waals surface area contributed by atoms with Gasteiger partial charge in [-0.1, -0.05) is 17.7 Å². The summed E-state index contributed by atoms with van der Waals surface area (Å²) >= 11 is 0. The molecule has 1 atom stereocenters. The SMILES string of the molecule is Cc1ccc(N2CC(C(=O)OCC(=O)c3cc(C)n(C4CC4)c3C)CC2=O)cc1. The number of aromatic nitrogens is 1. The van der Waals surface area contributed by atoms with Crippen molar-refractivity contribution in [2.45, 2.75) is 46.1 Å². The normalized spacial score (nSPS) is 18.9. The number of ketones is 1. The third-order valence-corrected chi connectivity index (χ3v) is 5.85. The molecule has 1 aromatic heterocycles. The zero-order valence-electron chi connectivity index (χ0n) is 17.1. The van der Waals surface area contributed by atoms with Crippen LogP contribution in [0.3, 0.4) is 0 Å². The van der Waals surface area contributed by atoms with Crippen LogP contribution in [-0.2, 0) is 14.3 Å². The molecule has 2 fully saturated rings. The van der Waals surface area contributed by atoms with Gasteiger partial charge in [-0.2, -0.15) is 0 Å². The number of nitrogens with zero attached hydrogens (tertiary/aromatic N) is 2. The van der Waals surface area contributed by atoms with E-state index in [9.17, 15) is 14.4 Å². The van der Waals surface area contributed by atoms with Crippen molar-refractivity contribution in [3.05, 3.63) is 52.8 Å². The van der Waals surface area contributed by atoms with Crippen LogP contribution in [0.1, 0.15) is 52.6 Å². The molecule has 0 bridgehead atoms. The summed E-state index contributed by atoms with van der Waals surface area (Å²) in [6, 6.07) is 9.99. The van der Waals surface area contributed by atoms with Crippen LogP contribution in [0, 0.1) is 26.7 Å². The lowest BCUT2D eigenvalue weighted by atomic mass is 10.1. The van der Waals surface area contributed by atoms with E-state index >= 15 is 0 Å². The van der Waals surface area contributed by atoms with Crippen LogP contribution in [0.4, 0.5) is 5.69 Å². The van der Waals surface area contributed by atoms with Gasteiger partial charge in [0.2, 0.25) is 11.7 Å². The first kappa shape index (κ1) is 19.4. The van der Waals surface area contributed by atoms with E-state index < -0.39 is 11.9 Å². The van der Waals surface area contributed by atoms with Crippen molar-refractivity contribution < 1.29 is 19.1 Å². The van der Waals surface area contributed by atoms with Gasteiger partial charge in [0.05, 0.1) is 5.92 Å². The van der Waals surface area contributed by atoms with Crippen molar-refractivity contribution in [3.63, 3.8) is 0 Å². The summed E-state index contributed by atoms with van der Waals surface area (Å²) in [5.74, 6) is -1.33. The van der Waals surface area contributed by atoms with E-state index in [4.69, 9.17) is 4.74 Å². The van der Waals surface area contributed by atoms with Crippen molar-refractivity contribution in [2.24, 2.45) is 5.92 Å². The van der Waals surface area contributed by atoms with Crippen molar-refractivity contribution in [3.8, 4) is 0 Å². The molecular weight excluding hydrogens is 368 g/mol. The van der Waals surface area contributed by atoms with Crippen molar-refractivity contribution >= 4 is 23.3 Å². The number of anilines is 1. The summed E-state index contributed by atoms with van der Waals surface area (Å²) in [7, 11) is 0. The number of aryl methyl sites for hydroxylation is 2. The molecule has 0 N–H and O–H groups in total. The number of esters is 1. The van der Waals surface area contributed by atoms with Gasteiger partial charge in [-0.25, -0.2) is 0 Å². The first-order valence-electron chi connectivity index (χ1n) is 10.1. The molecule has 0 radical (unpaired) electrons. The fourth-order valence-electron chi connectivity index (χ4n) is 4.13. The molecule has 4 rings (SSSR count). The van der Waals surface area contributed by atoms with E-state index in [1.165, 1.54) is 0 Å². The highest BCUT2D eigenvalue weighted by Crippen LogP contribution is 2.38. The predicted octanol–water partition coefficient (Wildman–Crippen LogP) is 3.53. The maximum absolute atomic E-state index is 12.6. The summed E-state index contributed by atoms with van der Waals surface area (Å²) in [5.41, 5.74) is 4.50. The molecule has 6 nitrogen and oxygen atoms in total. The van der Waals surface area contributed by atoms with Crippen LogP contribution in [0.2, 0.25) is 0 Å². The Kier molecular flexibility index (Phi) is 5.03. The van der Waals surface area contributed by atoms with Gasteiger partial charge in [0, 0.05) is 41.6 Å². The Morgan fingerprint density at radius 3 is 2.45 bits per heavy atom. The van der Waals surface area contributed by atoms with Crippen molar-refractivity contribution in [2.75, 3.05) is 18.1 Å². The molecule has 1 aliphatic carbocycles. The number of Topliss-reactive ketones (excluding diaryl/α,β-unsaturated/α-hetero) is 1. The van der Waals surface area contributed by atoms with E-state index in [2.05, 4.69) is 4.57 Å². The van der Waals surface area contributed by atoms with Gasteiger partial charge < -0.3 is 14.2 Å². The van der Waals surface area contributed by atoms with Crippen LogP contribution in [0.15, 0.2) is 30.3 Å². The highest BCUT2D eigenvalue weighted by atomic mass is 16.5. The zero-order valence-corrected chi connectivity index (χ0v) is 17.1. The van der Waals surface area contributed by atoms with E-state index in [0.29, 0.717) is 11.6 Å². The first-order valence-corrected chi connectivity index (χ1v) is 10.1. The monoisotopic (exact) mass is 394 g/mol. The second kappa shape index (κ2) is 7.50. The van der Waals surface area contributed by atoms with Gasteiger partial charge in [0.25, 0.3) is 0 Å². The molecule has 1 saturated heterocycles. The number of amides is 1. The quantitative estimate of drug-likeness (QED) is 0.555. The minimum atomic E-state index is -0.546. The molecule has 2 heterocycles. The average Bonchev–Trinajstić information content (AvgIpc) is 3.38. The molecule has 29 heavy (non-hydrogen) atoms. The molecule has 1 unspecified atom stereocenters. The van der Waals surface area contributed by atoms with Gasteiger partial charge in [-0.3, -0.25) is 14.4 Å². The standard InChI is InChI=1S/C23H26N2O4/c1-14-4-6-18(7-5-14)24-12-17(11-22(24)27)23(28)29-13-21(26)20-10-15(2)25(16(20)3)19-8-9-19/h4-7,10,17,19H,8-9,11-13H2,1-3H3. The fraction of sp³-hybridized carbons (Fsp3) is 0.435. The second-order valence-electron chi connectivity index (χ2n) is 8.16. The Hall–Kier alpha value is -2.89. The Labute approximate surface area is 170 Å². The van der Waals surface area contributed by atoms with E-state index in [1.807, 2.05) is 51.1 Å². The molecule has 1 aromatic carbocycles. The maximum atomic E-state index is 12.6. The maximum Gasteiger partial charge on any atom is 0.311 e. The number of carbonyl (C=O) groups excluding carboxylic acids is 3. The largest absolute Gasteiger partial charge is 0.457 e. The smallest absolute Gasteiger partial charge is 0.311 e. The highest BCUT2D eigenvalue weighted by molar-refractivity contribution is 6.01. The molecule has 1 amide bonds. The van der Waals surface area contributed by atoms with Crippen molar-refractivity contribution in [1.29, 1.82) is 0 Å². The molecule has 6 heteroatoms. The first-order chi connectivity index (χ1) is 13.8. The van der Waals surface area contributed by atoms with Crippen LogP contribution >= 0.6 is 0 Å². The summed E-state index contributed by atoms with van der Waals surface area (Å²) in [6.45, 7) is 5.91. The van der Waals surface area contributed by atoms with Crippen LogP contribution in [0.25, 0.3) is 0 Å². The van der Waals surface area contributed by atoms with Crippen LogP contribution in [-0.4, -0.2) is 35.4 Å². The minimum absolute atomic E-state index is 0.102. The van der Waals surface area contributed by atoms with Crippen molar-refractivity contribution in [1.82, 2.24) is 4.57 Å². The Morgan fingerprint density at radius 1 is 1.10 bits per heavy atom. The minimum Gasteiger partial charge on any atom is -0.457 e. The number of ether oxygens (including phenoxy) is 1. The van der Waals surface area contributed by atoms with Crippen LogP contribution < -0.4 is 4.90 Å². The molecule has 1 aliphatic heterocycles.